The number of benzene rings is 3. The smallest absolute Gasteiger partial charge is 0.338 e. The molecular weight excluding hydrogens is 646 g/mol. The third kappa shape index (κ3) is 5.80. The zero-order valence-corrected chi connectivity index (χ0v) is 28.3. The van der Waals surface area contributed by atoms with Crippen LogP contribution in [0.15, 0.2) is 105 Å². The third-order valence-electron chi connectivity index (χ3n) is 8.13. The Bertz CT molecular complexity index is 2100. The Hall–Kier alpha value is -4.27. The highest BCUT2D eigenvalue weighted by Gasteiger charge is 2.35. The van der Waals surface area contributed by atoms with Gasteiger partial charge in [-0.15, -0.1) is 0 Å². The molecule has 228 valence electrons. The molecule has 5 aromatic rings. The summed E-state index contributed by atoms with van der Waals surface area (Å²) in [5, 5.41) is 0. The molecule has 0 aliphatic carbocycles. The topological polar surface area (TPSA) is 65.6 Å². The molecule has 3 heterocycles. The molecule has 0 spiro atoms. The summed E-state index contributed by atoms with van der Waals surface area (Å²) < 4.78 is 11.0. The SMILES string of the molecule is CCOC(=O)C1=C(c2ccccc2)N=c2s/c(=C\c3cc(C)n(-c4ccc(Br)cc4)c3C)c(=O)n2[C@H]1c1ccc(C(C)C)cc1. The third-order valence-corrected chi connectivity index (χ3v) is 9.65. The number of halogens is 1. The Kier molecular flexibility index (Phi) is 8.62. The Morgan fingerprint density at radius 2 is 1.71 bits per heavy atom. The molecule has 0 unspecified atom stereocenters. The summed E-state index contributed by atoms with van der Waals surface area (Å²) in [5.74, 6) is -0.136. The van der Waals surface area contributed by atoms with Crippen molar-refractivity contribution >= 4 is 45.0 Å². The molecule has 0 amide bonds. The molecule has 0 radical (unpaired) electrons. The van der Waals surface area contributed by atoms with E-state index in [4.69, 9.17) is 9.73 Å². The molecule has 0 N–H and O–H groups in total. The van der Waals surface area contributed by atoms with Gasteiger partial charge in [-0.25, -0.2) is 9.79 Å². The van der Waals surface area contributed by atoms with Crippen molar-refractivity contribution in [2.75, 3.05) is 6.61 Å². The lowest BCUT2D eigenvalue weighted by molar-refractivity contribution is -0.138. The van der Waals surface area contributed by atoms with Gasteiger partial charge in [0.15, 0.2) is 4.80 Å². The van der Waals surface area contributed by atoms with Gasteiger partial charge in [0.1, 0.15) is 0 Å². The van der Waals surface area contributed by atoms with Gasteiger partial charge in [-0.3, -0.25) is 9.36 Å². The van der Waals surface area contributed by atoms with Gasteiger partial charge < -0.3 is 9.30 Å². The van der Waals surface area contributed by atoms with E-state index in [0.29, 0.717) is 26.5 Å². The quantitative estimate of drug-likeness (QED) is 0.171. The molecule has 1 atom stereocenters. The highest BCUT2D eigenvalue weighted by Crippen LogP contribution is 2.35. The number of aromatic nitrogens is 2. The predicted molar refractivity (Wildman–Crippen MR) is 185 cm³/mol. The van der Waals surface area contributed by atoms with Crippen LogP contribution in [-0.2, 0) is 9.53 Å². The summed E-state index contributed by atoms with van der Waals surface area (Å²) in [6.45, 7) is 10.4. The minimum atomic E-state index is -0.700. The summed E-state index contributed by atoms with van der Waals surface area (Å²) in [6.07, 6.45) is 1.94. The lowest BCUT2D eigenvalue weighted by Gasteiger charge is -2.26. The number of ether oxygens (including phenoxy) is 1. The second-order valence-electron chi connectivity index (χ2n) is 11.4. The summed E-state index contributed by atoms with van der Waals surface area (Å²) >= 11 is 4.86. The van der Waals surface area contributed by atoms with Crippen LogP contribution in [-0.4, -0.2) is 21.7 Å². The minimum Gasteiger partial charge on any atom is -0.463 e. The summed E-state index contributed by atoms with van der Waals surface area (Å²) in [6, 6.07) is 27.3. The first-order chi connectivity index (χ1) is 21.7. The van der Waals surface area contributed by atoms with Crippen LogP contribution < -0.4 is 14.9 Å². The number of aryl methyl sites for hydroxylation is 1. The fourth-order valence-electron chi connectivity index (χ4n) is 5.88. The van der Waals surface area contributed by atoms with Crippen LogP contribution in [0.5, 0.6) is 0 Å². The molecule has 6 nitrogen and oxygen atoms in total. The highest BCUT2D eigenvalue weighted by molar-refractivity contribution is 9.10. The Morgan fingerprint density at radius 3 is 2.36 bits per heavy atom. The van der Waals surface area contributed by atoms with E-state index in [2.05, 4.69) is 78.5 Å². The number of fused-ring (bicyclic) bond motifs is 1. The zero-order chi connectivity index (χ0) is 31.8. The molecule has 0 bridgehead atoms. The zero-order valence-electron chi connectivity index (χ0n) is 25.9. The lowest BCUT2D eigenvalue weighted by atomic mass is 9.91. The summed E-state index contributed by atoms with van der Waals surface area (Å²) in [5.41, 5.74) is 7.56. The number of hydrogen-bond acceptors (Lipinski definition) is 5. The summed E-state index contributed by atoms with van der Waals surface area (Å²) in [7, 11) is 0. The van der Waals surface area contributed by atoms with Crippen LogP contribution in [0.25, 0.3) is 17.5 Å². The molecule has 8 heteroatoms. The molecule has 0 saturated carbocycles. The van der Waals surface area contributed by atoms with E-state index in [1.807, 2.05) is 60.7 Å². The van der Waals surface area contributed by atoms with Gasteiger partial charge in [-0.2, -0.15) is 0 Å². The maximum absolute atomic E-state index is 14.4. The molecule has 0 saturated heterocycles. The van der Waals surface area contributed by atoms with E-state index < -0.39 is 12.0 Å². The van der Waals surface area contributed by atoms with Crippen molar-refractivity contribution in [3.63, 3.8) is 0 Å². The predicted octanol–water partition coefficient (Wildman–Crippen LogP) is 7.23. The maximum Gasteiger partial charge on any atom is 0.338 e. The fraction of sp³-hybridized carbons (Fsp3) is 0.216. The molecule has 6 rings (SSSR count). The number of hydrogen-bond donors (Lipinski definition) is 0. The first-order valence-electron chi connectivity index (χ1n) is 15.0. The van der Waals surface area contributed by atoms with E-state index in [0.717, 1.165) is 38.2 Å². The monoisotopic (exact) mass is 679 g/mol. The second kappa shape index (κ2) is 12.6. The van der Waals surface area contributed by atoms with Gasteiger partial charge in [-0.05, 0) is 79.8 Å². The molecule has 45 heavy (non-hydrogen) atoms. The van der Waals surface area contributed by atoms with Crippen LogP contribution in [0.4, 0.5) is 0 Å². The number of thiazole rings is 1. The van der Waals surface area contributed by atoms with Crippen molar-refractivity contribution in [2.45, 2.75) is 46.6 Å². The van der Waals surface area contributed by atoms with E-state index in [1.165, 1.54) is 16.9 Å². The van der Waals surface area contributed by atoms with Gasteiger partial charge in [-0.1, -0.05) is 95.7 Å². The van der Waals surface area contributed by atoms with Gasteiger partial charge >= 0.3 is 5.97 Å². The van der Waals surface area contributed by atoms with Crippen molar-refractivity contribution in [2.24, 2.45) is 4.99 Å². The van der Waals surface area contributed by atoms with Gasteiger partial charge in [0.25, 0.3) is 5.56 Å². The van der Waals surface area contributed by atoms with Crippen LogP contribution >= 0.6 is 27.3 Å². The van der Waals surface area contributed by atoms with E-state index >= 15 is 0 Å². The van der Waals surface area contributed by atoms with E-state index in [9.17, 15) is 9.59 Å². The average molecular weight is 681 g/mol. The van der Waals surface area contributed by atoms with E-state index in [1.54, 1.807) is 11.5 Å². The molecule has 1 aliphatic rings. The van der Waals surface area contributed by atoms with Crippen molar-refractivity contribution in [1.82, 2.24) is 9.13 Å². The van der Waals surface area contributed by atoms with Crippen LogP contribution in [0.2, 0.25) is 0 Å². The first kappa shape index (κ1) is 30.7. The van der Waals surface area contributed by atoms with E-state index in [-0.39, 0.29) is 12.2 Å². The van der Waals surface area contributed by atoms with Crippen LogP contribution in [0.1, 0.15) is 66.4 Å². The van der Waals surface area contributed by atoms with Gasteiger partial charge in [0.05, 0.1) is 28.5 Å². The highest BCUT2D eigenvalue weighted by atomic mass is 79.9. The Labute approximate surface area is 274 Å². The lowest BCUT2D eigenvalue weighted by Crippen LogP contribution is -2.40. The van der Waals surface area contributed by atoms with Crippen molar-refractivity contribution < 1.29 is 9.53 Å². The van der Waals surface area contributed by atoms with Crippen molar-refractivity contribution in [1.29, 1.82) is 0 Å². The van der Waals surface area contributed by atoms with Gasteiger partial charge in [0.2, 0.25) is 0 Å². The fourth-order valence-corrected chi connectivity index (χ4v) is 7.14. The molecular formula is C37H34BrN3O3S. The Balaban J connectivity index is 1.59. The number of carbonyl (C=O) groups excluding carboxylic acids is 1. The molecule has 3 aromatic carbocycles. The van der Waals surface area contributed by atoms with Crippen molar-refractivity contribution in [3.8, 4) is 5.69 Å². The maximum atomic E-state index is 14.4. The number of nitrogens with zero attached hydrogens (tertiary/aromatic N) is 3. The largest absolute Gasteiger partial charge is 0.463 e. The standard InChI is InChI=1S/C37H34BrN3O3S/c1-6-44-36(43)32-33(26-10-8-7-9-11-26)39-37-41(34(32)27-14-12-25(13-15-27)22(2)3)35(42)31(45-37)21-28-20-23(4)40(24(28)5)30-18-16-29(38)17-19-30/h7-22,34H,6H2,1-5H3/b31-21-/t34-/m0/s1. The number of esters is 1. The molecule has 1 aliphatic heterocycles. The number of carbonyl (C=O) groups is 1. The van der Waals surface area contributed by atoms with Gasteiger partial charge in [0, 0.05) is 27.1 Å². The van der Waals surface area contributed by atoms with Crippen LogP contribution in [0, 0.1) is 13.8 Å². The van der Waals surface area contributed by atoms with Crippen molar-refractivity contribution in [3.05, 3.63) is 148 Å². The first-order valence-corrected chi connectivity index (χ1v) is 16.6. The summed E-state index contributed by atoms with van der Waals surface area (Å²) in [4.78, 5) is 33.6. The minimum absolute atomic E-state index is 0.195. The molecule has 0 fully saturated rings. The normalized spacial score (nSPS) is 14.9. The molecule has 2 aromatic heterocycles. The Morgan fingerprint density at radius 1 is 1.02 bits per heavy atom. The number of rotatable bonds is 7. The van der Waals surface area contributed by atoms with Crippen LogP contribution in [0.3, 0.4) is 0 Å². The average Bonchev–Trinajstić information content (AvgIpc) is 3.50. The second-order valence-corrected chi connectivity index (χ2v) is 13.3.